The zero-order valence-corrected chi connectivity index (χ0v) is 8.80. The van der Waals surface area contributed by atoms with Crippen LogP contribution in [-0.2, 0) is 11.3 Å². The summed E-state index contributed by atoms with van der Waals surface area (Å²) in [6, 6.07) is 4.31. The maximum Gasteiger partial charge on any atom is 0.471 e. The first kappa shape index (κ1) is 12.2. The van der Waals surface area contributed by atoms with Gasteiger partial charge in [0.05, 0.1) is 5.52 Å². The van der Waals surface area contributed by atoms with E-state index in [9.17, 15) is 22.8 Å². The van der Waals surface area contributed by atoms with Crippen LogP contribution in [0, 0.1) is 0 Å². The Bertz CT molecular complexity index is 642. The van der Waals surface area contributed by atoms with Crippen molar-refractivity contribution >= 4 is 17.0 Å². The van der Waals surface area contributed by atoms with Crippen molar-refractivity contribution in [3.63, 3.8) is 0 Å². The molecule has 0 unspecified atom stereocenters. The van der Waals surface area contributed by atoms with Crippen LogP contribution in [-0.4, -0.2) is 17.1 Å². The van der Waals surface area contributed by atoms with Crippen LogP contribution in [0.1, 0.15) is 5.56 Å². The molecule has 0 radical (unpaired) electrons. The van der Waals surface area contributed by atoms with E-state index in [1.807, 2.05) is 0 Å². The van der Waals surface area contributed by atoms with Crippen LogP contribution in [0.5, 0.6) is 0 Å². The van der Waals surface area contributed by atoms with Crippen LogP contribution in [0.15, 0.2) is 27.4 Å². The molecule has 1 aromatic heterocycles. The lowest BCUT2D eigenvalue weighted by atomic mass is 10.2. The molecule has 96 valence electrons. The number of alkyl halides is 3. The van der Waals surface area contributed by atoms with Crippen molar-refractivity contribution in [1.29, 1.82) is 0 Å². The number of rotatable bonds is 2. The molecule has 0 aliphatic carbocycles. The molecule has 0 spiro atoms. The van der Waals surface area contributed by atoms with E-state index in [-0.39, 0.29) is 6.54 Å². The number of hydrogen-bond donors (Lipinski definition) is 2. The molecule has 8 heteroatoms. The maximum absolute atomic E-state index is 11.9. The predicted octanol–water partition coefficient (Wildman–Crippen LogP) is 1.30. The van der Waals surface area contributed by atoms with E-state index >= 15 is 0 Å². The Morgan fingerprint density at radius 1 is 1.39 bits per heavy atom. The molecular formula is C10H7F3N2O3. The van der Waals surface area contributed by atoms with Crippen LogP contribution >= 0.6 is 0 Å². The lowest BCUT2D eigenvalue weighted by Gasteiger charge is -2.07. The molecule has 1 aromatic carbocycles. The Labute approximate surface area is 97.6 Å². The van der Waals surface area contributed by atoms with E-state index in [0.29, 0.717) is 16.7 Å². The van der Waals surface area contributed by atoms with Crippen LogP contribution in [0.2, 0.25) is 0 Å². The van der Waals surface area contributed by atoms with E-state index in [4.69, 9.17) is 4.42 Å². The predicted molar refractivity (Wildman–Crippen MR) is 54.7 cm³/mol. The average Bonchev–Trinajstić information content (AvgIpc) is 2.63. The third-order valence-electron chi connectivity index (χ3n) is 2.19. The highest BCUT2D eigenvalue weighted by Crippen LogP contribution is 2.15. The van der Waals surface area contributed by atoms with Crippen molar-refractivity contribution in [1.82, 2.24) is 10.3 Å². The third kappa shape index (κ3) is 2.53. The summed E-state index contributed by atoms with van der Waals surface area (Å²) in [6.07, 6.45) is -4.91. The van der Waals surface area contributed by atoms with Crippen molar-refractivity contribution in [3.8, 4) is 0 Å². The monoisotopic (exact) mass is 260 g/mol. The minimum Gasteiger partial charge on any atom is -0.408 e. The topological polar surface area (TPSA) is 75.1 Å². The quantitative estimate of drug-likeness (QED) is 0.854. The molecule has 0 atom stereocenters. The largest absolute Gasteiger partial charge is 0.471 e. The number of carbonyl (C=O) groups is 1. The second kappa shape index (κ2) is 4.21. The number of amides is 1. The van der Waals surface area contributed by atoms with Gasteiger partial charge < -0.3 is 9.73 Å². The van der Waals surface area contributed by atoms with Gasteiger partial charge in [0.25, 0.3) is 0 Å². The van der Waals surface area contributed by atoms with Gasteiger partial charge in [-0.2, -0.15) is 13.2 Å². The summed E-state index contributed by atoms with van der Waals surface area (Å²) >= 11 is 0. The molecule has 0 saturated carbocycles. The van der Waals surface area contributed by atoms with Gasteiger partial charge in [-0.25, -0.2) is 4.79 Å². The van der Waals surface area contributed by atoms with Gasteiger partial charge in [-0.05, 0) is 17.7 Å². The third-order valence-corrected chi connectivity index (χ3v) is 2.19. The standard InChI is InChI=1S/C10H7F3N2O3/c11-10(12,13)8(16)14-4-5-1-2-7-6(3-5)15-9(17)18-7/h1-3H,4H2,(H,14,16)(H,15,17). The van der Waals surface area contributed by atoms with E-state index in [1.165, 1.54) is 18.2 Å². The molecule has 1 heterocycles. The molecule has 0 fully saturated rings. The number of carbonyl (C=O) groups excluding carboxylic acids is 1. The molecule has 2 aromatic rings. The van der Waals surface area contributed by atoms with Crippen molar-refractivity contribution in [2.45, 2.75) is 12.7 Å². The van der Waals surface area contributed by atoms with Crippen LogP contribution < -0.4 is 11.1 Å². The SMILES string of the molecule is O=C(NCc1ccc2oc(=O)[nH]c2c1)C(F)(F)F. The fourth-order valence-electron chi connectivity index (χ4n) is 1.39. The number of halogens is 3. The molecular weight excluding hydrogens is 253 g/mol. The lowest BCUT2D eigenvalue weighted by Crippen LogP contribution is -2.36. The van der Waals surface area contributed by atoms with Gasteiger partial charge in [0, 0.05) is 6.54 Å². The highest BCUT2D eigenvalue weighted by molar-refractivity contribution is 5.81. The van der Waals surface area contributed by atoms with Crippen molar-refractivity contribution in [2.24, 2.45) is 0 Å². The Morgan fingerprint density at radius 3 is 2.78 bits per heavy atom. The van der Waals surface area contributed by atoms with Crippen molar-refractivity contribution < 1.29 is 22.4 Å². The normalized spacial score (nSPS) is 11.7. The van der Waals surface area contributed by atoms with E-state index < -0.39 is 17.8 Å². The fraction of sp³-hybridized carbons (Fsp3) is 0.200. The number of hydrogen-bond acceptors (Lipinski definition) is 3. The highest BCUT2D eigenvalue weighted by atomic mass is 19.4. The number of fused-ring (bicyclic) bond motifs is 1. The number of nitrogens with one attached hydrogen (secondary N) is 2. The van der Waals surface area contributed by atoms with Gasteiger partial charge in [-0.1, -0.05) is 6.07 Å². The number of benzene rings is 1. The van der Waals surface area contributed by atoms with Gasteiger partial charge in [0.1, 0.15) is 0 Å². The van der Waals surface area contributed by atoms with Crippen LogP contribution in [0.3, 0.4) is 0 Å². The molecule has 0 saturated heterocycles. The molecule has 1 amide bonds. The summed E-state index contributed by atoms with van der Waals surface area (Å²) in [5, 5.41) is 1.72. The minimum atomic E-state index is -4.91. The van der Waals surface area contributed by atoms with Gasteiger partial charge >= 0.3 is 17.8 Å². The number of oxazole rings is 1. The number of aromatic nitrogens is 1. The minimum absolute atomic E-state index is 0.290. The molecule has 2 rings (SSSR count). The molecule has 0 bridgehead atoms. The van der Waals surface area contributed by atoms with E-state index in [1.54, 1.807) is 5.32 Å². The number of aromatic amines is 1. The van der Waals surface area contributed by atoms with Gasteiger partial charge in [0.15, 0.2) is 5.58 Å². The van der Waals surface area contributed by atoms with Gasteiger partial charge in [-0.3, -0.25) is 9.78 Å². The highest BCUT2D eigenvalue weighted by Gasteiger charge is 2.38. The van der Waals surface area contributed by atoms with Crippen LogP contribution in [0.4, 0.5) is 13.2 Å². The van der Waals surface area contributed by atoms with Crippen molar-refractivity contribution in [2.75, 3.05) is 0 Å². The first-order valence-corrected chi connectivity index (χ1v) is 4.83. The van der Waals surface area contributed by atoms with E-state index in [0.717, 1.165) is 0 Å². The second-order valence-corrected chi connectivity index (χ2v) is 3.53. The first-order valence-electron chi connectivity index (χ1n) is 4.83. The van der Waals surface area contributed by atoms with Gasteiger partial charge in [-0.15, -0.1) is 0 Å². The summed E-state index contributed by atoms with van der Waals surface area (Å²) in [4.78, 5) is 23.8. The summed E-state index contributed by atoms with van der Waals surface area (Å²) in [5.41, 5.74) is 1.07. The zero-order valence-electron chi connectivity index (χ0n) is 8.80. The maximum atomic E-state index is 11.9. The first-order chi connectivity index (χ1) is 8.36. The van der Waals surface area contributed by atoms with Crippen molar-refractivity contribution in [3.05, 3.63) is 34.3 Å². The molecule has 2 N–H and O–H groups in total. The lowest BCUT2D eigenvalue weighted by molar-refractivity contribution is -0.173. The Hall–Kier alpha value is -2.25. The van der Waals surface area contributed by atoms with E-state index in [2.05, 4.69) is 4.98 Å². The Balaban J connectivity index is 2.13. The molecule has 18 heavy (non-hydrogen) atoms. The number of H-pyrrole nitrogens is 1. The Morgan fingerprint density at radius 2 is 2.11 bits per heavy atom. The summed E-state index contributed by atoms with van der Waals surface area (Å²) in [6.45, 7) is -0.290. The van der Waals surface area contributed by atoms with Crippen LogP contribution in [0.25, 0.3) is 11.1 Å². The smallest absolute Gasteiger partial charge is 0.408 e. The molecule has 0 aliphatic heterocycles. The van der Waals surface area contributed by atoms with Gasteiger partial charge in [0.2, 0.25) is 0 Å². The Kier molecular flexibility index (Phi) is 2.85. The molecule has 0 aliphatic rings. The summed E-state index contributed by atoms with van der Waals surface area (Å²) in [7, 11) is 0. The fourth-order valence-corrected chi connectivity index (χ4v) is 1.39. The average molecular weight is 260 g/mol. The second-order valence-electron chi connectivity index (χ2n) is 3.53. The summed E-state index contributed by atoms with van der Waals surface area (Å²) in [5.74, 6) is -2.66. The summed E-state index contributed by atoms with van der Waals surface area (Å²) < 4.78 is 40.5. The molecule has 5 nitrogen and oxygen atoms in total. The zero-order chi connectivity index (χ0) is 13.3.